The van der Waals surface area contributed by atoms with Crippen molar-refractivity contribution in [3.05, 3.63) is 29.3 Å². The molecule has 0 radical (unpaired) electrons. The van der Waals surface area contributed by atoms with Gasteiger partial charge in [0.2, 0.25) is 5.91 Å². The number of nitrogens with one attached hydrogen (secondary N) is 1. The molecule has 1 aromatic rings. The zero-order valence-corrected chi connectivity index (χ0v) is 11.7. The van der Waals surface area contributed by atoms with Gasteiger partial charge in [0.1, 0.15) is 0 Å². The molecule has 0 bridgehead atoms. The molecule has 1 saturated heterocycles. The summed E-state index contributed by atoms with van der Waals surface area (Å²) in [5.74, 6) is -1.12. The third-order valence-corrected chi connectivity index (χ3v) is 3.71. The van der Waals surface area contributed by atoms with Gasteiger partial charge in [-0.1, -0.05) is 6.07 Å². The van der Waals surface area contributed by atoms with E-state index in [9.17, 15) is 9.59 Å². The molecular formula is C15H19NO4. The number of hydrogen-bond donors (Lipinski definition) is 2. The van der Waals surface area contributed by atoms with Gasteiger partial charge in [-0.25, -0.2) is 4.79 Å². The van der Waals surface area contributed by atoms with Crippen LogP contribution in [-0.4, -0.2) is 30.2 Å². The van der Waals surface area contributed by atoms with Crippen LogP contribution in [-0.2, 0) is 9.53 Å². The second-order valence-electron chi connectivity index (χ2n) is 5.51. The summed E-state index contributed by atoms with van der Waals surface area (Å²) in [7, 11) is 0. The summed E-state index contributed by atoms with van der Waals surface area (Å²) in [4.78, 5) is 23.4. The normalized spacial score (nSPS) is 22.3. The Labute approximate surface area is 117 Å². The lowest BCUT2D eigenvalue weighted by Crippen LogP contribution is -2.40. The Morgan fingerprint density at radius 3 is 2.75 bits per heavy atom. The van der Waals surface area contributed by atoms with E-state index in [0.717, 1.165) is 12.8 Å². The Kier molecular flexibility index (Phi) is 4.09. The fraction of sp³-hybridized carbons (Fsp3) is 0.467. The molecule has 1 aromatic carbocycles. The second-order valence-corrected chi connectivity index (χ2v) is 5.51. The van der Waals surface area contributed by atoms with Gasteiger partial charge in [0.15, 0.2) is 0 Å². The highest BCUT2D eigenvalue weighted by molar-refractivity contribution is 5.97. The zero-order valence-electron chi connectivity index (χ0n) is 11.7. The molecule has 1 unspecified atom stereocenters. The van der Waals surface area contributed by atoms with E-state index in [2.05, 4.69) is 5.32 Å². The van der Waals surface area contributed by atoms with Crippen molar-refractivity contribution in [2.45, 2.75) is 26.7 Å². The maximum absolute atomic E-state index is 12.3. The summed E-state index contributed by atoms with van der Waals surface area (Å²) in [5, 5.41) is 11.9. The predicted molar refractivity (Wildman–Crippen MR) is 74.9 cm³/mol. The van der Waals surface area contributed by atoms with Gasteiger partial charge in [0, 0.05) is 12.3 Å². The first-order chi connectivity index (χ1) is 9.42. The van der Waals surface area contributed by atoms with Crippen molar-refractivity contribution >= 4 is 17.6 Å². The van der Waals surface area contributed by atoms with Crippen LogP contribution in [0.2, 0.25) is 0 Å². The molecule has 108 valence electrons. The molecule has 20 heavy (non-hydrogen) atoms. The molecule has 1 aliphatic heterocycles. The SMILES string of the molecule is Cc1ccc(NC(=O)C2(C)CCCOC2)cc1C(=O)O. The standard InChI is InChI=1S/C15H19NO4/c1-10-4-5-11(8-12(10)13(17)18)16-14(19)15(2)6-3-7-20-9-15/h4-5,8H,3,6-7,9H2,1-2H3,(H,16,19)(H,17,18). The number of carbonyl (C=O) groups excluding carboxylic acids is 1. The lowest BCUT2D eigenvalue weighted by molar-refractivity contribution is -0.131. The number of benzene rings is 1. The van der Waals surface area contributed by atoms with Gasteiger partial charge in [-0.15, -0.1) is 0 Å². The third-order valence-electron chi connectivity index (χ3n) is 3.71. The van der Waals surface area contributed by atoms with E-state index in [0.29, 0.717) is 24.5 Å². The van der Waals surface area contributed by atoms with Crippen LogP contribution in [0.3, 0.4) is 0 Å². The molecule has 1 atom stereocenters. The van der Waals surface area contributed by atoms with Gasteiger partial charge in [0.25, 0.3) is 0 Å². The number of aryl methyl sites for hydroxylation is 1. The van der Waals surface area contributed by atoms with E-state index >= 15 is 0 Å². The molecule has 5 heteroatoms. The van der Waals surface area contributed by atoms with Gasteiger partial charge in [0.05, 0.1) is 17.6 Å². The lowest BCUT2D eigenvalue weighted by atomic mass is 9.84. The number of ether oxygens (including phenoxy) is 1. The van der Waals surface area contributed by atoms with Crippen LogP contribution in [0.4, 0.5) is 5.69 Å². The van der Waals surface area contributed by atoms with Crippen molar-refractivity contribution in [3.63, 3.8) is 0 Å². The fourth-order valence-corrected chi connectivity index (χ4v) is 2.33. The maximum Gasteiger partial charge on any atom is 0.336 e. The molecule has 0 saturated carbocycles. The number of carboxylic acid groups (broad SMARTS) is 1. The van der Waals surface area contributed by atoms with Crippen molar-refractivity contribution in [3.8, 4) is 0 Å². The van der Waals surface area contributed by atoms with E-state index in [1.165, 1.54) is 6.07 Å². The van der Waals surface area contributed by atoms with E-state index in [1.807, 2.05) is 6.92 Å². The second kappa shape index (κ2) is 5.63. The summed E-state index contributed by atoms with van der Waals surface area (Å²) < 4.78 is 5.37. The van der Waals surface area contributed by atoms with Crippen LogP contribution in [0.1, 0.15) is 35.7 Å². The van der Waals surface area contributed by atoms with Crippen molar-refractivity contribution in [1.82, 2.24) is 0 Å². The van der Waals surface area contributed by atoms with E-state index in [4.69, 9.17) is 9.84 Å². The Bertz CT molecular complexity index is 533. The van der Waals surface area contributed by atoms with E-state index in [1.54, 1.807) is 19.1 Å². The fourth-order valence-electron chi connectivity index (χ4n) is 2.33. The average Bonchev–Trinajstić information content (AvgIpc) is 2.41. The molecule has 1 amide bonds. The summed E-state index contributed by atoms with van der Waals surface area (Å²) in [6.45, 7) is 4.69. The highest BCUT2D eigenvalue weighted by atomic mass is 16.5. The minimum absolute atomic E-state index is 0.127. The number of carbonyl (C=O) groups is 2. The van der Waals surface area contributed by atoms with Gasteiger partial charge in [-0.05, 0) is 44.4 Å². The number of carboxylic acids is 1. The zero-order chi connectivity index (χ0) is 14.8. The van der Waals surface area contributed by atoms with Crippen LogP contribution in [0, 0.1) is 12.3 Å². The predicted octanol–water partition coefficient (Wildman–Crippen LogP) is 2.45. The van der Waals surface area contributed by atoms with Crippen LogP contribution < -0.4 is 5.32 Å². The number of hydrogen-bond acceptors (Lipinski definition) is 3. The highest BCUT2D eigenvalue weighted by Crippen LogP contribution is 2.29. The minimum Gasteiger partial charge on any atom is -0.478 e. The largest absolute Gasteiger partial charge is 0.478 e. The van der Waals surface area contributed by atoms with Gasteiger partial charge >= 0.3 is 5.97 Å². The van der Waals surface area contributed by atoms with E-state index < -0.39 is 11.4 Å². The van der Waals surface area contributed by atoms with Crippen molar-refractivity contribution < 1.29 is 19.4 Å². The average molecular weight is 277 g/mol. The molecule has 0 spiro atoms. The third kappa shape index (κ3) is 2.99. The number of aromatic carboxylic acids is 1. The molecule has 1 fully saturated rings. The first kappa shape index (κ1) is 14.5. The van der Waals surface area contributed by atoms with Crippen LogP contribution in [0.15, 0.2) is 18.2 Å². The first-order valence-corrected chi connectivity index (χ1v) is 6.65. The van der Waals surface area contributed by atoms with E-state index in [-0.39, 0.29) is 11.5 Å². The summed E-state index contributed by atoms with van der Waals surface area (Å²) in [6, 6.07) is 4.90. The molecular weight excluding hydrogens is 258 g/mol. The molecule has 0 aliphatic carbocycles. The van der Waals surface area contributed by atoms with Crippen LogP contribution >= 0.6 is 0 Å². The molecule has 1 heterocycles. The molecule has 0 aromatic heterocycles. The molecule has 5 nitrogen and oxygen atoms in total. The van der Waals surface area contributed by atoms with Crippen molar-refractivity contribution in [1.29, 1.82) is 0 Å². The van der Waals surface area contributed by atoms with Crippen LogP contribution in [0.25, 0.3) is 0 Å². The quantitative estimate of drug-likeness (QED) is 0.889. The summed E-state index contributed by atoms with van der Waals surface area (Å²) in [6.07, 6.45) is 1.63. The molecule has 1 aliphatic rings. The molecule has 2 rings (SSSR count). The summed E-state index contributed by atoms with van der Waals surface area (Å²) >= 11 is 0. The van der Waals surface area contributed by atoms with Gasteiger partial charge in [-0.3, -0.25) is 4.79 Å². The highest BCUT2D eigenvalue weighted by Gasteiger charge is 2.35. The number of rotatable bonds is 3. The Morgan fingerprint density at radius 2 is 2.15 bits per heavy atom. The minimum atomic E-state index is -0.995. The first-order valence-electron chi connectivity index (χ1n) is 6.65. The van der Waals surface area contributed by atoms with Gasteiger partial charge < -0.3 is 15.2 Å². The summed E-state index contributed by atoms with van der Waals surface area (Å²) in [5.41, 5.74) is 0.826. The Hall–Kier alpha value is -1.88. The van der Waals surface area contributed by atoms with Crippen molar-refractivity contribution in [2.75, 3.05) is 18.5 Å². The van der Waals surface area contributed by atoms with Crippen molar-refractivity contribution in [2.24, 2.45) is 5.41 Å². The van der Waals surface area contributed by atoms with Gasteiger partial charge in [-0.2, -0.15) is 0 Å². The smallest absolute Gasteiger partial charge is 0.336 e. The monoisotopic (exact) mass is 277 g/mol. The topological polar surface area (TPSA) is 75.6 Å². The number of anilines is 1. The molecule has 2 N–H and O–H groups in total. The lowest BCUT2D eigenvalue weighted by Gasteiger charge is -2.31. The number of amides is 1. The Balaban J connectivity index is 2.15. The maximum atomic E-state index is 12.3. The Morgan fingerprint density at radius 1 is 1.40 bits per heavy atom. The van der Waals surface area contributed by atoms with Crippen LogP contribution in [0.5, 0.6) is 0 Å².